The van der Waals surface area contributed by atoms with Gasteiger partial charge in [-0.3, -0.25) is 0 Å². The standard InChI is InChI=1S/C15H14ClNO3/c16-11-2-4-12(5-3-11)17-13(8-18)10-1-6-14-15(7-10)20-9-19-14/h1-7,13,17-18H,8-9H2. The van der Waals surface area contributed by atoms with Crippen LogP contribution in [0.3, 0.4) is 0 Å². The molecule has 0 aromatic heterocycles. The van der Waals surface area contributed by atoms with Crippen molar-refractivity contribution in [1.82, 2.24) is 0 Å². The largest absolute Gasteiger partial charge is 0.454 e. The molecule has 0 spiro atoms. The number of aliphatic hydroxyl groups excluding tert-OH is 1. The normalized spacial score (nSPS) is 14.1. The minimum atomic E-state index is -0.217. The van der Waals surface area contributed by atoms with Gasteiger partial charge in [0, 0.05) is 10.7 Å². The molecule has 0 saturated heterocycles. The number of anilines is 1. The Morgan fingerprint density at radius 1 is 1.10 bits per heavy atom. The number of ether oxygens (including phenoxy) is 2. The van der Waals surface area contributed by atoms with Crippen LogP contribution in [0.1, 0.15) is 11.6 Å². The monoisotopic (exact) mass is 291 g/mol. The van der Waals surface area contributed by atoms with Crippen LogP contribution in [0.4, 0.5) is 5.69 Å². The molecule has 2 N–H and O–H groups in total. The minimum Gasteiger partial charge on any atom is -0.454 e. The highest BCUT2D eigenvalue weighted by molar-refractivity contribution is 6.30. The Balaban J connectivity index is 1.81. The van der Waals surface area contributed by atoms with E-state index in [0.717, 1.165) is 17.0 Å². The summed E-state index contributed by atoms with van der Waals surface area (Å²) in [6.07, 6.45) is 0. The summed E-state index contributed by atoms with van der Waals surface area (Å²) in [7, 11) is 0. The summed E-state index contributed by atoms with van der Waals surface area (Å²) in [6.45, 7) is 0.218. The van der Waals surface area contributed by atoms with Crippen LogP contribution in [0.25, 0.3) is 0 Å². The van der Waals surface area contributed by atoms with Crippen LogP contribution in [0.15, 0.2) is 42.5 Å². The average molecular weight is 292 g/mol. The smallest absolute Gasteiger partial charge is 0.231 e. The Morgan fingerprint density at radius 2 is 1.85 bits per heavy atom. The number of rotatable bonds is 4. The highest BCUT2D eigenvalue weighted by Crippen LogP contribution is 2.34. The topological polar surface area (TPSA) is 50.7 Å². The van der Waals surface area contributed by atoms with Crippen molar-refractivity contribution in [2.45, 2.75) is 6.04 Å². The second-order valence-corrected chi connectivity index (χ2v) is 4.94. The van der Waals surface area contributed by atoms with Gasteiger partial charge in [0.25, 0.3) is 0 Å². The SMILES string of the molecule is OCC(Nc1ccc(Cl)cc1)c1ccc2c(c1)OCO2. The van der Waals surface area contributed by atoms with Crippen molar-refractivity contribution < 1.29 is 14.6 Å². The molecule has 2 aromatic rings. The zero-order chi connectivity index (χ0) is 13.9. The summed E-state index contributed by atoms with van der Waals surface area (Å²) >= 11 is 5.86. The number of fused-ring (bicyclic) bond motifs is 1. The molecule has 0 amide bonds. The highest BCUT2D eigenvalue weighted by atomic mass is 35.5. The van der Waals surface area contributed by atoms with Crippen molar-refractivity contribution in [2.75, 3.05) is 18.7 Å². The van der Waals surface area contributed by atoms with Crippen molar-refractivity contribution in [3.8, 4) is 11.5 Å². The molecule has 1 aliphatic rings. The van der Waals surface area contributed by atoms with Gasteiger partial charge in [-0.15, -0.1) is 0 Å². The minimum absolute atomic E-state index is 0.0255. The van der Waals surface area contributed by atoms with Crippen molar-refractivity contribution in [3.05, 3.63) is 53.1 Å². The van der Waals surface area contributed by atoms with Crippen LogP contribution in [0, 0.1) is 0 Å². The fourth-order valence-corrected chi connectivity index (χ4v) is 2.24. The molecule has 0 fully saturated rings. The molecule has 0 bridgehead atoms. The van der Waals surface area contributed by atoms with Crippen molar-refractivity contribution >= 4 is 17.3 Å². The average Bonchev–Trinajstić information content (AvgIpc) is 2.94. The number of hydrogen-bond donors (Lipinski definition) is 2. The van der Waals surface area contributed by atoms with E-state index in [1.165, 1.54) is 0 Å². The number of benzene rings is 2. The summed E-state index contributed by atoms with van der Waals surface area (Å²) in [6, 6.07) is 12.8. The summed E-state index contributed by atoms with van der Waals surface area (Å²) in [5.41, 5.74) is 1.83. The summed E-state index contributed by atoms with van der Waals surface area (Å²) < 4.78 is 10.6. The zero-order valence-corrected chi connectivity index (χ0v) is 11.4. The predicted molar refractivity (Wildman–Crippen MR) is 77.5 cm³/mol. The lowest BCUT2D eigenvalue weighted by Crippen LogP contribution is -2.14. The predicted octanol–water partition coefficient (Wildman–Crippen LogP) is 3.21. The first-order chi connectivity index (χ1) is 9.76. The Morgan fingerprint density at radius 3 is 2.60 bits per heavy atom. The van der Waals surface area contributed by atoms with Gasteiger partial charge in [-0.25, -0.2) is 0 Å². The van der Waals surface area contributed by atoms with Crippen molar-refractivity contribution in [2.24, 2.45) is 0 Å². The van der Waals surface area contributed by atoms with Crippen LogP contribution in [-0.2, 0) is 0 Å². The first-order valence-corrected chi connectivity index (χ1v) is 6.66. The molecule has 0 saturated carbocycles. The Hall–Kier alpha value is -1.91. The number of halogens is 1. The van der Waals surface area contributed by atoms with Crippen LogP contribution >= 0.6 is 11.6 Å². The number of aliphatic hydroxyl groups is 1. The molecule has 3 rings (SSSR count). The molecule has 1 unspecified atom stereocenters. The van der Waals surface area contributed by atoms with Gasteiger partial charge in [-0.05, 0) is 42.0 Å². The molecular formula is C15H14ClNO3. The number of hydrogen-bond acceptors (Lipinski definition) is 4. The van der Waals surface area contributed by atoms with Gasteiger partial charge in [0.15, 0.2) is 11.5 Å². The third-order valence-corrected chi connectivity index (χ3v) is 3.42. The maximum atomic E-state index is 9.58. The van der Waals surface area contributed by atoms with Gasteiger partial charge in [0.1, 0.15) is 0 Å². The molecule has 5 heteroatoms. The summed E-state index contributed by atoms with van der Waals surface area (Å²) in [4.78, 5) is 0. The second-order valence-electron chi connectivity index (χ2n) is 4.50. The molecule has 1 aliphatic heterocycles. The van der Waals surface area contributed by atoms with Crippen LogP contribution < -0.4 is 14.8 Å². The first-order valence-electron chi connectivity index (χ1n) is 6.29. The maximum Gasteiger partial charge on any atom is 0.231 e. The van der Waals surface area contributed by atoms with E-state index < -0.39 is 0 Å². The quantitative estimate of drug-likeness (QED) is 0.908. The fourth-order valence-electron chi connectivity index (χ4n) is 2.11. The van der Waals surface area contributed by atoms with E-state index in [4.69, 9.17) is 21.1 Å². The molecule has 1 heterocycles. The van der Waals surface area contributed by atoms with E-state index in [1.807, 2.05) is 30.3 Å². The molecule has 0 aliphatic carbocycles. The van der Waals surface area contributed by atoms with Crippen LogP contribution in [0.2, 0.25) is 5.02 Å². The van der Waals surface area contributed by atoms with Gasteiger partial charge >= 0.3 is 0 Å². The van der Waals surface area contributed by atoms with E-state index in [1.54, 1.807) is 12.1 Å². The van der Waals surface area contributed by atoms with E-state index in [0.29, 0.717) is 10.8 Å². The van der Waals surface area contributed by atoms with Gasteiger partial charge in [-0.2, -0.15) is 0 Å². The van der Waals surface area contributed by atoms with Crippen molar-refractivity contribution in [3.63, 3.8) is 0 Å². The molecular weight excluding hydrogens is 278 g/mol. The van der Waals surface area contributed by atoms with Gasteiger partial charge < -0.3 is 19.9 Å². The lowest BCUT2D eigenvalue weighted by Gasteiger charge is -2.18. The third kappa shape index (κ3) is 2.66. The lowest BCUT2D eigenvalue weighted by atomic mass is 10.1. The molecule has 4 nitrogen and oxygen atoms in total. The van der Waals surface area contributed by atoms with Crippen LogP contribution in [-0.4, -0.2) is 18.5 Å². The van der Waals surface area contributed by atoms with Crippen LogP contribution in [0.5, 0.6) is 11.5 Å². The highest BCUT2D eigenvalue weighted by Gasteiger charge is 2.17. The van der Waals surface area contributed by atoms with E-state index >= 15 is 0 Å². The first kappa shape index (κ1) is 13.1. The second kappa shape index (κ2) is 5.61. The van der Waals surface area contributed by atoms with Gasteiger partial charge in [-0.1, -0.05) is 17.7 Å². The molecule has 2 aromatic carbocycles. The molecule has 20 heavy (non-hydrogen) atoms. The van der Waals surface area contributed by atoms with E-state index in [2.05, 4.69) is 5.32 Å². The lowest BCUT2D eigenvalue weighted by molar-refractivity contribution is 0.174. The molecule has 1 atom stereocenters. The summed E-state index contributed by atoms with van der Waals surface area (Å²) in [5.74, 6) is 1.44. The Kier molecular flexibility index (Phi) is 3.67. The Bertz CT molecular complexity index is 601. The maximum absolute atomic E-state index is 9.58. The Labute approximate surface area is 121 Å². The fraction of sp³-hybridized carbons (Fsp3) is 0.200. The zero-order valence-electron chi connectivity index (χ0n) is 10.7. The van der Waals surface area contributed by atoms with E-state index in [9.17, 15) is 5.11 Å². The van der Waals surface area contributed by atoms with Gasteiger partial charge in [0.2, 0.25) is 6.79 Å². The van der Waals surface area contributed by atoms with E-state index in [-0.39, 0.29) is 19.4 Å². The molecule has 104 valence electrons. The number of nitrogens with one attached hydrogen (secondary N) is 1. The third-order valence-electron chi connectivity index (χ3n) is 3.17. The summed E-state index contributed by atoms with van der Waals surface area (Å²) in [5, 5.41) is 13.5. The van der Waals surface area contributed by atoms with Gasteiger partial charge in [0.05, 0.1) is 12.6 Å². The molecule has 0 radical (unpaired) electrons. The van der Waals surface area contributed by atoms with Crippen molar-refractivity contribution in [1.29, 1.82) is 0 Å².